The molecule has 0 aliphatic carbocycles. The summed E-state index contributed by atoms with van der Waals surface area (Å²) in [7, 11) is 1.61. The van der Waals surface area contributed by atoms with E-state index < -0.39 is 0 Å². The minimum Gasteiger partial charge on any atom is -0.497 e. The number of methoxy groups -OCH3 is 1. The zero-order valence-electron chi connectivity index (χ0n) is 12.8. The lowest BCUT2D eigenvalue weighted by atomic mass is 10.1. The van der Waals surface area contributed by atoms with E-state index in [1.165, 1.54) is 0 Å². The van der Waals surface area contributed by atoms with Crippen molar-refractivity contribution < 1.29 is 9.53 Å². The van der Waals surface area contributed by atoms with Crippen LogP contribution in [0.4, 0.5) is 5.13 Å². The molecule has 7 heteroatoms. The van der Waals surface area contributed by atoms with Gasteiger partial charge in [0.2, 0.25) is 11.0 Å². The Hall–Kier alpha value is -2.44. The minimum absolute atomic E-state index is 0.161. The van der Waals surface area contributed by atoms with Crippen LogP contribution in [-0.4, -0.2) is 22.4 Å². The van der Waals surface area contributed by atoms with Gasteiger partial charge in [-0.05, 0) is 29.8 Å². The average molecular weight is 360 g/mol. The van der Waals surface area contributed by atoms with Gasteiger partial charge in [0.05, 0.1) is 13.5 Å². The standard InChI is InChI=1S/C17H14ClN3O2S/c1-23-14-7-3-5-12(10-14)16-20-17(24-21-16)19-15(22)9-11-4-2-6-13(18)8-11/h2-8,10H,9H2,1H3,(H,19,20,21,22). The molecule has 2 aromatic carbocycles. The van der Waals surface area contributed by atoms with Gasteiger partial charge in [-0.2, -0.15) is 9.36 Å². The first-order chi connectivity index (χ1) is 11.6. The summed E-state index contributed by atoms with van der Waals surface area (Å²) in [5.74, 6) is 1.12. The number of benzene rings is 2. The number of carbonyl (C=O) groups is 1. The molecule has 0 radical (unpaired) electrons. The van der Waals surface area contributed by atoms with Gasteiger partial charge in [-0.25, -0.2) is 0 Å². The number of anilines is 1. The van der Waals surface area contributed by atoms with Crippen LogP contribution in [0.15, 0.2) is 48.5 Å². The second-order valence-electron chi connectivity index (χ2n) is 5.01. The summed E-state index contributed by atoms with van der Waals surface area (Å²) in [6.45, 7) is 0. The molecule has 122 valence electrons. The molecule has 0 atom stereocenters. The number of nitrogens with one attached hydrogen (secondary N) is 1. The molecule has 0 unspecified atom stereocenters. The van der Waals surface area contributed by atoms with Crippen molar-refractivity contribution in [3.63, 3.8) is 0 Å². The molecule has 0 spiro atoms. The molecular weight excluding hydrogens is 346 g/mol. The maximum absolute atomic E-state index is 12.1. The van der Waals surface area contributed by atoms with E-state index in [0.717, 1.165) is 28.4 Å². The van der Waals surface area contributed by atoms with Crippen LogP contribution in [0.2, 0.25) is 5.02 Å². The highest BCUT2D eigenvalue weighted by Crippen LogP contribution is 2.24. The molecule has 0 aliphatic heterocycles. The van der Waals surface area contributed by atoms with Crippen molar-refractivity contribution in [2.24, 2.45) is 0 Å². The van der Waals surface area contributed by atoms with E-state index in [4.69, 9.17) is 16.3 Å². The van der Waals surface area contributed by atoms with Crippen LogP contribution in [0, 0.1) is 0 Å². The van der Waals surface area contributed by atoms with Gasteiger partial charge in [-0.1, -0.05) is 35.9 Å². The van der Waals surface area contributed by atoms with Crippen LogP contribution in [0.3, 0.4) is 0 Å². The maximum Gasteiger partial charge on any atom is 0.230 e. The number of amides is 1. The van der Waals surface area contributed by atoms with E-state index in [-0.39, 0.29) is 12.3 Å². The van der Waals surface area contributed by atoms with Gasteiger partial charge in [-0.15, -0.1) is 0 Å². The molecule has 0 saturated heterocycles. The molecule has 24 heavy (non-hydrogen) atoms. The molecule has 1 aromatic heterocycles. The molecule has 0 bridgehead atoms. The van der Waals surface area contributed by atoms with Crippen molar-refractivity contribution in [1.82, 2.24) is 9.36 Å². The number of halogens is 1. The molecular formula is C17H14ClN3O2S. The Morgan fingerprint density at radius 1 is 1.25 bits per heavy atom. The number of hydrogen-bond donors (Lipinski definition) is 1. The van der Waals surface area contributed by atoms with Crippen LogP contribution < -0.4 is 10.1 Å². The number of rotatable bonds is 5. The average Bonchev–Trinajstić information content (AvgIpc) is 3.03. The molecule has 1 amide bonds. The lowest BCUT2D eigenvalue weighted by molar-refractivity contribution is -0.115. The largest absolute Gasteiger partial charge is 0.497 e. The van der Waals surface area contributed by atoms with Crippen molar-refractivity contribution in [3.8, 4) is 17.1 Å². The molecule has 0 aliphatic rings. The molecule has 1 N–H and O–H groups in total. The summed E-state index contributed by atoms with van der Waals surface area (Å²) in [6.07, 6.45) is 0.231. The molecule has 0 saturated carbocycles. The van der Waals surface area contributed by atoms with Gasteiger partial charge in [-0.3, -0.25) is 4.79 Å². The van der Waals surface area contributed by atoms with Crippen LogP contribution in [-0.2, 0) is 11.2 Å². The summed E-state index contributed by atoms with van der Waals surface area (Å²) in [6, 6.07) is 14.7. The Morgan fingerprint density at radius 3 is 2.88 bits per heavy atom. The zero-order valence-corrected chi connectivity index (χ0v) is 14.4. The molecule has 5 nitrogen and oxygen atoms in total. The zero-order chi connectivity index (χ0) is 16.9. The third kappa shape index (κ3) is 4.10. The number of ether oxygens (including phenoxy) is 1. The predicted molar refractivity (Wildman–Crippen MR) is 95.7 cm³/mol. The van der Waals surface area contributed by atoms with E-state index in [1.54, 1.807) is 19.2 Å². The number of hydrogen-bond acceptors (Lipinski definition) is 5. The van der Waals surface area contributed by atoms with E-state index in [9.17, 15) is 4.79 Å². The van der Waals surface area contributed by atoms with Gasteiger partial charge >= 0.3 is 0 Å². The summed E-state index contributed by atoms with van der Waals surface area (Å²) in [5, 5.41) is 3.83. The van der Waals surface area contributed by atoms with E-state index in [1.807, 2.05) is 36.4 Å². The Balaban J connectivity index is 1.68. The second kappa shape index (κ2) is 7.42. The smallest absolute Gasteiger partial charge is 0.230 e. The van der Waals surface area contributed by atoms with Gasteiger partial charge in [0.25, 0.3) is 0 Å². The van der Waals surface area contributed by atoms with Crippen molar-refractivity contribution >= 4 is 34.2 Å². The quantitative estimate of drug-likeness (QED) is 0.746. The normalized spacial score (nSPS) is 10.4. The highest BCUT2D eigenvalue weighted by atomic mass is 35.5. The van der Waals surface area contributed by atoms with Crippen LogP contribution in [0.25, 0.3) is 11.4 Å². The molecule has 0 fully saturated rings. The van der Waals surface area contributed by atoms with Gasteiger partial charge in [0.1, 0.15) is 5.75 Å². The number of nitrogens with zero attached hydrogens (tertiary/aromatic N) is 2. The number of carbonyl (C=O) groups excluding carboxylic acids is 1. The lowest BCUT2D eigenvalue weighted by Gasteiger charge is -2.02. The van der Waals surface area contributed by atoms with Gasteiger partial charge in [0, 0.05) is 22.1 Å². The maximum atomic E-state index is 12.1. The minimum atomic E-state index is -0.161. The first-order valence-electron chi connectivity index (χ1n) is 7.16. The fourth-order valence-corrected chi connectivity index (χ4v) is 2.97. The van der Waals surface area contributed by atoms with Crippen molar-refractivity contribution in [1.29, 1.82) is 0 Å². The Bertz CT molecular complexity index is 866. The van der Waals surface area contributed by atoms with E-state index >= 15 is 0 Å². The SMILES string of the molecule is COc1cccc(-c2nsc(NC(=O)Cc3cccc(Cl)c3)n2)c1. The van der Waals surface area contributed by atoms with Crippen LogP contribution in [0.1, 0.15) is 5.56 Å². The second-order valence-corrected chi connectivity index (χ2v) is 6.20. The fourth-order valence-electron chi connectivity index (χ4n) is 2.15. The first kappa shape index (κ1) is 16.4. The highest BCUT2D eigenvalue weighted by Gasteiger charge is 2.11. The Kier molecular flexibility index (Phi) is 5.08. The molecule has 3 aromatic rings. The molecule has 3 rings (SSSR count). The third-order valence-electron chi connectivity index (χ3n) is 3.25. The van der Waals surface area contributed by atoms with Crippen LogP contribution in [0.5, 0.6) is 5.75 Å². The van der Waals surface area contributed by atoms with Gasteiger partial charge in [0.15, 0.2) is 5.82 Å². The predicted octanol–water partition coefficient (Wildman–Crippen LogP) is 4.05. The van der Waals surface area contributed by atoms with Crippen molar-refractivity contribution in [2.45, 2.75) is 6.42 Å². The summed E-state index contributed by atoms with van der Waals surface area (Å²) in [4.78, 5) is 16.5. The van der Waals surface area contributed by atoms with Crippen molar-refractivity contribution in [3.05, 3.63) is 59.1 Å². The lowest BCUT2D eigenvalue weighted by Crippen LogP contribution is -2.14. The highest BCUT2D eigenvalue weighted by molar-refractivity contribution is 7.10. The summed E-state index contributed by atoms with van der Waals surface area (Å²) in [5.41, 5.74) is 1.68. The number of aromatic nitrogens is 2. The monoisotopic (exact) mass is 359 g/mol. The first-order valence-corrected chi connectivity index (χ1v) is 8.31. The Morgan fingerprint density at radius 2 is 2.08 bits per heavy atom. The molecule has 1 heterocycles. The summed E-state index contributed by atoms with van der Waals surface area (Å²) >= 11 is 7.06. The van der Waals surface area contributed by atoms with Gasteiger partial charge < -0.3 is 10.1 Å². The van der Waals surface area contributed by atoms with E-state index in [0.29, 0.717) is 16.0 Å². The van der Waals surface area contributed by atoms with Crippen LogP contribution >= 0.6 is 23.1 Å². The van der Waals surface area contributed by atoms with Crippen molar-refractivity contribution in [2.75, 3.05) is 12.4 Å². The Labute approximate surface area is 148 Å². The topological polar surface area (TPSA) is 64.1 Å². The third-order valence-corrected chi connectivity index (χ3v) is 4.12. The van der Waals surface area contributed by atoms with E-state index in [2.05, 4.69) is 14.7 Å². The fraction of sp³-hybridized carbons (Fsp3) is 0.118. The summed E-state index contributed by atoms with van der Waals surface area (Å²) < 4.78 is 9.47.